The van der Waals surface area contributed by atoms with Gasteiger partial charge in [0.1, 0.15) is 5.52 Å². The minimum absolute atomic E-state index is 0.450. The molecule has 1 atom stereocenters. The highest BCUT2D eigenvalue weighted by molar-refractivity contribution is 5.72. The van der Waals surface area contributed by atoms with Crippen molar-refractivity contribution in [1.82, 2.24) is 10.3 Å². The zero-order valence-corrected chi connectivity index (χ0v) is 8.57. The number of rotatable bonds is 1. The molecule has 1 N–H and O–H groups in total. The number of fused-ring (bicyclic) bond motifs is 1. The summed E-state index contributed by atoms with van der Waals surface area (Å²) in [5, 5.41) is 3.38. The van der Waals surface area contributed by atoms with Crippen LogP contribution in [0.5, 0.6) is 0 Å². The fourth-order valence-electron chi connectivity index (χ4n) is 2.13. The second-order valence-electron chi connectivity index (χ2n) is 4.06. The quantitative estimate of drug-likeness (QED) is 0.771. The normalized spacial score (nSPS) is 22.0. The lowest BCUT2D eigenvalue weighted by molar-refractivity contribution is 0.387. The number of hydrogen-bond acceptors (Lipinski definition) is 3. The third kappa shape index (κ3) is 1.63. The SMILES string of the molecule is c1ccc2oc([C@@H]3CCCNC3)nc2c1. The summed E-state index contributed by atoms with van der Waals surface area (Å²) in [7, 11) is 0. The van der Waals surface area contributed by atoms with Gasteiger partial charge in [-0.25, -0.2) is 4.98 Å². The van der Waals surface area contributed by atoms with Gasteiger partial charge in [-0.1, -0.05) is 12.1 Å². The Labute approximate surface area is 88.5 Å². The van der Waals surface area contributed by atoms with Gasteiger partial charge in [0.2, 0.25) is 0 Å². The molecule has 78 valence electrons. The second kappa shape index (κ2) is 3.66. The second-order valence-corrected chi connectivity index (χ2v) is 4.06. The molecule has 1 aromatic heterocycles. The Bertz CT molecular complexity index is 424. The number of hydrogen-bond donors (Lipinski definition) is 1. The van der Waals surface area contributed by atoms with Gasteiger partial charge in [-0.15, -0.1) is 0 Å². The van der Waals surface area contributed by atoms with Crippen LogP contribution in [0.3, 0.4) is 0 Å². The predicted molar refractivity (Wildman–Crippen MR) is 58.9 cm³/mol. The minimum Gasteiger partial charge on any atom is -0.440 e. The molecular formula is C12H14N2O. The molecule has 0 saturated carbocycles. The van der Waals surface area contributed by atoms with Crippen LogP contribution in [0, 0.1) is 0 Å². The highest BCUT2D eigenvalue weighted by Crippen LogP contribution is 2.25. The van der Waals surface area contributed by atoms with E-state index in [0.717, 1.165) is 30.1 Å². The number of piperidine rings is 1. The third-order valence-electron chi connectivity index (χ3n) is 2.96. The van der Waals surface area contributed by atoms with E-state index in [1.165, 1.54) is 12.8 Å². The van der Waals surface area contributed by atoms with Gasteiger partial charge in [0.05, 0.1) is 0 Å². The van der Waals surface area contributed by atoms with Crippen LogP contribution in [0.2, 0.25) is 0 Å². The molecule has 1 aromatic carbocycles. The van der Waals surface area contributed by atoms with E-state index in [2.05, 4.69) is 10.3 Å². The van der Waals surface area contributed by atoms with E-state index in [0.29, 0.717) is 5.92 Å². The van der Waals surface area contributed by atoms with E-state index < -0.39 is 0 Å². The van der Waals surface area contributed by atoms with E-state index in [1.54, 1.807) is 0 Å². The number of para-hydroxylation sites is 2. The van der Waals surface area contributed by atoms with Crippen LogP contribution in [0.4, 0.5) is 0 Å². The van der Waals surface area contributed by atoms with Gasteiger partial charge in [-0.3, -0.25) is 0 Å². The molecule has 0 spiro atoms. The first-order valence-electron chi connectivity index (χ1n) is 5.50. The van der Waals surface area contributed by atoms with Gasteiger partial charge in [0.15, 0.2) is 11.5 Å². The van der Waals surface area contributed by atoms with Crippen molar-refractivity contribution in [2.75, 3.05) is 13.1 Å². The van der Waals surface area contributed by atoms with E-state index in [-0.39, 0.29) is 0 Å². The molecule has 1 aliphatic heterocycles. The van der Waals surface area contributed by atoms with E-state index in [1.807, 2.05) is 24.3 Å². The number of nitrogens with one attached hydrogen (secondary N) is 1. The highest BCUT2D eigenvalue weighted by atomic mass is 16.3. The molecule has 3 nitrogen and oxygen atoms in total. The smallest absolute Gasteiger partial charge is 0.199 e. The lowest BCUT2D eigenvalue weighted by Gasteiger charge is -2.19. The fourth-order valence-corrected chi connectivity index (χ4v) is 2.13. The highest BCUT2D eigenvalue weighted by Gasteiger charge is 2.20. The molecule has 0 aliphatic carbocycles. The van der Waals surface area contributed by atoms with Crippen LogP contribution in [0.1, 0.15) is 24.7 Å². The molecule has 3 rings (SSSR count). The first-order valence-corrected chi connectivity index (χ1v) is 5.50. The maximum absolute atomic E-state index is 5.76. The summed E-state index contributed by atoms with van der Waals surface area (Å²) in [6, 6.07) is 7.95. The van der Waals surface area contributed by atoms with Crippen molar-refractivity contribution in [3.8, 4) is 0 Å². The Morgan fingerprint density at radius 2 is 2.27 bits per heavy atom. The summed E-state index contributed by atoms with van der Waals surface area (Å²) in [6.07, 6.45) is 2.39. The Balaban J connectivity index is 1.96. The number of benzene rings is 1. The van der Waals surface area contributed by atoms with Crippen LogP contribution in [0.25, 0.3) is 11.1 Å². The van der Waals surface area contributed by atoms with Crippen molar-refractivity contribution in [2.45, 2.75) is 18.8 Å². The molecule has 1 fully saturated rings. The van der Waals surface area contributed by atoms with Gasteiger partial charge in [0, 0.05) is 12.5 Å². The summed E-state index contributed by atoms with van der Waals surface area (Å²) in [5.74, 6) is 1.34. The van der Waals surface area contributed by atoms with Crippen LogP contribution in [-0.4, -0.2) is 18.1 Å². The summed E-state index contributed by atoms with van der Waals surface area (Å²) >= 11 is 0. The molecule has 0 unspecified atom stereocenters. The average molecular weight is 202 g/mol. The first kappa shape index (κ1) is 8.92. The van der Waals surface area contributed by atoms with Gasteiger partial charge in [0.25, 0.3) is 0 Å². The maximum Gasteiger partial charge on any atom is 0.199 e. The van der Waals surface area contributed by atoms with E-state index >= 15 is 0 Å². The standard InChI is InChI=1S/C12H14N2O/c1-2-6-11-10(5-1)14-12(15-11)9-4-3-7-13-8-9/h1-2,5-6,9,13H,3-4,7-8H2/t9-/m1/s1. The molecule has 0 bridgehead atoms. The van der Waals surface area contributed by atoms with Crippen molar-refractivity contribution < 1.29 is 4.42 Å². The third-order valence-corrected chi connectivity index (χ3v) is 2.96. The average Bonchev–Trinajstić information content (AvgIpc) is 2.74. The van der Waals surface area contributed by atoms with Crippen molar-refractivity contribution in [3.05, 3.63) is 30.2 Å². The summed E-state index contributed by atoms with van der Waals surface area (Å²) < 4.78 is 5.76. The van der Waals surface area contributed by atoms with E-state index in [4.69, 9.17) is 4.42 Å². The Morgan fingerprint density at radius 3 is 3.07 bits per heavy atom. The van der Waals surface area contributed by atoms with Crippen LogP contribution < -0.4 is 5.32 Å². The Kier molecular flexibility index (Phi) is 2.18. The predicted octanol–water partition coefficient (Wildman–Crippen LogP) is 2.29. The molecule has 3 heteroatoms. The monoisotopic (exact) mass is 202 g/mol. The van der Waals surface area contributed by atoms with Crippen LogP contribution in [-0.2, 0) is 0 Å². The maximum atomic E-state index is 5.76. The molecule has 1 saturated heterocycles. The topological polar surface area (TPSA) is 38.1 Å². The van der Waals surface area contributed by atoms with Crippen molar-refractivity contribution in [2.24, 2.45) is 0 Å². The molecular weight excluding hydrogens is 188 g/mol. The molecule has 15 heavy (non-hydrogen) atoms. The molecule has 2 aromatic rings. The van der Waals surface area contributed by atoms with Crippen molar-refractivity contribution in [1.29, 1.82) is 0 Å². The first-order chi connectivity index (χ1) is 7.43. The van der Waals surface area contributed by atoms with Crippen molar-refractivity contribution >= 4 is 11.1 Å². The van der Waals surface area contributed by atoms with Crippen LogP contribution >= 0.6 is 0 Å². The number of oxazole rings is 1. The largest absolute Gasteiger partial charge is 0.440 e. The van der Waals surface area contributed by atoms with E-state index in [9.17, 15) is 0 Å². The summed E-state index contributed by atoms with van der Waals surface area (Å²) in [5.41, 5.74) is 1.87. The van der Waals surface area contributed by atoms with Gasteiger partial charge in [-0.2, -0.15) is 0 Å². The zero-order valence-electron chi connectivity index (χ0n) is 8.57. The minimum atomic E-state index is 0.450. The molecule has 0 amide bonds. The number of aromatic nitrogens is 1. The fraction of sp³-hybridized carbons (Fsp3) is 0.417. The zero-order chi connectivity index (χ0) is 10.1. The van der Waals surface area contributed by atoms with Gasteiger partial charge in [-0.05, 0) is 31.5 Å². The summed E-state index contributed by atoms with van der Waals surface area (Å²) in [6.45, 7) is 2.11. The lowest BCUT2D eigenvalue weighted by atomic mass is 10.00. The molecule has 1 aliphatic rings. The Morgan fingerprint density at radius 1 is 1.33 bits per heavy atom. The van der Waals surface area contributed by atoms with Crippen molar-refractivity contribution in [3.63, 3.8) is 0 Å². The summed E-state index contributed by atoms with van der Waals surface area (Å²) in [4.78, 5) is 4.53. The van der Waals surface area contributed by atoms with Crippen LogP contribution in [0.15, 0.2) is 28.7 Å². The number of nitrogens with zero attached hydrogens (tertiary/aromatic N) is 1. The molecule has 0 radical (unpaired) electrons. The molecule has 2 heterocycles. The lowest BCUT2D eigenvalue weighted by Crippen LogP contribution is -2.28. The van der Waals surface area contributed by atoms with Gasteiger partial charge >= 0.3 is 0 Å². The van der Waals surface area contributed by atoms with Gasteiger partial charge < -0.3 is 9.73 Å². The Hall–Kier alpha value is -1.35.